The molecule has 1 heterocycles. The standard InChI is InChI=1S/C10H10N2O2/c1-6(2)8-4-3-7(5-11)12-9(8)10(13)14/h3-4,6H,1-2H3,(H,13,14). The molecule has 0 saturated carbocycles. The highest BCUT2D eigenvalue weighted by Gasteiger charge is 2.14. The van der Waals surface area contributed by atoms with Crippen molar-refractivity contribution in [3.63, 3.8) is 0 Å². The SMILES string of the molecule is CC(C)c1ccc(C#N)nc1C(=O)O. The quantitative estimate of drug-likeness (QED) is 0.771. The Bertz CT molecular complexity index is 405. The van der Waals surface area contributed by atoms with Crippen LogP contribution in [0.4, 0.5) is 0 Å². The predicted molar refractivity (Wildman–Crippen MR) is 50.0 cm³/mol. The number of aromatic nitrogens is 1. The molecule has 0 aliphatic rings. The zero-order valence-corrected chi connectivity index (χ0v) is 7.98. The van der Waals surface area contributed by atoms with Crippen LogP contribution in [0.3, 0.4) is 0 Å². The Balaban J connectivity index is 3.33. The van der Waals surface area contributed by atoms with E-state index in [1.54, 1.807) is 6.07 Å². The summed E-state index contributed by atoms with van der Waals surface area (Å²) in [6, 6.07) is 4.98. The first-order valence-electron chi connectivity index (χ1n) is 4.20. The summed E-state index contributed by atoms with van der Waals surface area (Å²) in [5.74, 6) is -1.01. The van der Waals surface area contributed by atoms with Gasteiger partial charge in [0, 0.05) is 0 Å². The second-order valence-corrected chi connectivity index (χ2v) is 3.21. The molecule has 0 saturated heterocycles. The molecule has 4 nitrogen and oxygen atoms in total. The van der Waals surface area contributed by atoms with Crippen LogP contribution in [0, 0.1) is 11.3 Å². The van der Waals surface area contributed by atoms with Crippen LogP contribution in [-0.2, 0) is 0 Å². The summed E-state index contributed by atoms with van der Waals surface area (Å²) in [6.07, 6.45) is 0. The van der Waals surface area contributed by atoms with Gasteiger partial charge < -0.3 is 5.11 Å². The normalized spacial score (nSPS) is 9.86. The molecular formula is C10H10N2O2. The molecule has 1 N–H and O–H groups in total. The van der Waals surface area contributed by atoms with E-state index in [4.69, 9.17) is 10.4 Å². The molecular weight excluding hydrogens is 180 g/mol. The average molecular weight is 190 g/mol. The molecule has 0 spiro atoms. The highest BCUT2D eigenvalue weighted by atomic mass is 16.4. The van der Waals surface area contributed by atoms with Gasteiger partial charge in [0.25, 0.3) is 0 Å². The molecule has 1 aromatic heterocycles. The van der Waals surface area contributed by atoms with Gasteiger partial charge in [0.05, 0.1) is 0 Å². The Labute approximate surface area is 81.8 Å². The summed E-state index contributed by atoms with van der Waals surface area (Å²) in [4.78, 5) is 14.6. The molecule has 4 heteroatoms. The number of hydrogen-bond acceptors (Lipinski definition) is 3. The number of rotatable bonds is 2. The molecule has 72 valence electrons. The van der Waals surface area contributed by atoms with E-state index < -0.39 is 5.97 Å². The van der Waals surface area contributed by atoms with Gasteiger partial charge in [0.2, 0.25) is 0 Å². The summed E-state index contributed by atoms with van der Waals surface area (Å²) in [6.45, 7) is 3.77. The Hall–Kier alpha value is -1.89. The average Bonchev–Trinajstić information content (AvgIpc) is 2.16. The summed E-state index contributed by atoms with van der Waals surface area (Å²) >= 11 is 0. The lowest BCUT2D eigenvalue weighted by molar-refractivity contribution is 0.0688. The number of carboxylic acids is 1. The van der Waals surface area contributed by atoms with Crippen molar-refractivity contribution in [1.82, 2.24) is 4.98 Å². The predicted octanol–water partition coefficient (Wildman–Crippen LogP) is 1.77. The first-order valence-corrected chi connectivity index (χ1v) is 4.20. The topological polar surface area (TPSA) is 74.0 Å². The van der Waals surface area contributed by atoms with Crippen LogP contribution in [0.15, 0.2) is 12.1 Å². The van der Waals surface area contributed by atoms with Gasteiger partial charge in [-0.25, -0.2) is 9.78 Å². The van der Waals surface area contributed by atoms with Crippen LogP contribution < -0.4 is 0 Å². The number of nitrogens with zero attached hydrogens (tertiary/aromatic N) is 2. The first kappa shape index (κ1) is 10.2. The van der Waals surface area contributed by atoms with Gasteiger partial charge in [-0.1, -0.05) is 19.9 Å². The van der Waals surface area contributed by atoms with Crippen molar-refractivity contribution < 1.29 is 9.90 Å². The van der Waals surface area contributed by atoms with Gasteiger partial charge in [0.1, 0.15) is 11.8 Å². The summed E-state index contributed by atoms with van der Waals surface area (Å²) in [5.41, 5.74) is 0.752. The Morgan fingerprint density at radius 3 is 2.64 bits per heavy atom. The van der Waals surface area contributed by atoms with E-state index in [0.29, 0.717) is 5.56 Å². The highest BCUT2D eigenvalue weighted by molar-refractivity contribution is 5.87. The van der Waals surface area contributed by atoms with Gasteiger partial charge in [-0.05, 0) is 17.5 Å². The fraction of sp³-hybridized carbons (Fsp3) is 0.300. The van der Waals surface area contributed by atoms with E-state index in [1.807, 2.05) is 19.9 Å². The van der Waals surface area contributed by atoms with E-state index in [2.05, 4.69) is 4.98 Å². The van der Waals surface area contributed by atoms with E-state index in [9.17, 15) is 4.79 Å². The zero-order valence-electron chi connectivity index (χ0n) is 7.98. The van der Waals surface area contributed by atoms with Gasteiger partial charge in [-0.2, -0.15) is 5.26 Å². The molecule has 0 aliphatic heterocycles. The molecule has 0 amide bonds. The van der Waals surface area contributed by atoms with E-state index >= 15 is 0 Å². The van der Waals surface area contributed by atoms with Crippen LogP contribution in [-0.4, -0.2) is 16.1 Å². The molecule has 14 heavy (non-hydrogen) atoms. The van der Waals surface area contributed by atoms with Crippen molar-refractivity contribution in [3.05, 3.63) is 29.1 Å². The van der Waals surface area contributed by atoms with Crippen molar-refractivity contribution in [2.24, 2.45) is 0 Å². The van der Waals surface area contributed by atoms with Crippen molar-refractivity contribution in [2.75, 3.05) is 0 Å². The first-order chi connectivity index (χ1) is 6.56. The van der Waals surface area contributed by atoms with Crippen LogP contribution in [0.5, 0.6) is 0 Å². The number of carboxylic acid groups (broad SMARTS) is 1. The lowest BCUT2D eigenvalue weighted by atomic mass is 10.0. The lowest BCUT2D eigenvalue weighted by Crippen LogP contribution is -2.08. The van der Waals surface area contributed by atoms with Crippen molar-refractivity contribution in [1.29, 1.82) is 5.26 Å². The monoisotopic (exact) mass is 190 g/mol. The van der Waals surface area contributed by atoms with E-state index in [-0.39, 0.29) is 17.3 Å². The van der Waals surface area contributed by atoms with Crippen LogP contribution in [0.2, 0.25) is 0 Å². The highest BCUT2D eigenvalue weighted by Crippen LogP contribution is 2.18. The maximum absolute atomic E-state index is 10.8. The molecule has 0 unspecified atom stereocenters. The van der Waals surface area contributed by atoms with E-state index in [1.165, 1.54) is 6.07 Å². The van der Waals surface area contributed by atoms with Gasteiger partial charge >= 0.3 is 5.97 Å². The molecule has 0 atom stereocenters. The maximum atomic E-state index is 10.8. The van der Waals surface area contributed by atoms with Crippen molar-refractivity contribution >= 4 is 5.97 Å². The molecule has 1 aromatic rings. The smallest absolute Gasteiger partial charge is 0.354 e. The van der Waals surface area contributed by atoms with E-state index in [0.717, 1.165) is 0 Å². The molecule has 0 radical (unpaired) electrons. The van der Waals surface area contributed by atoms with Gasteiger partial charge in [0.15, 0.2) is 5.69 Å². The fourth-order valence-corrected chi connectivity index (χ4v) is 1.17. The van der Waals surface area contributed by atoms with Crippen LogP contribution in [0.1, 0.15) is 41.5 Å². The summed E-state index contributed by atoms with van der Waals surface area (Å²) in [5, 5.41) is 17.4. The fourth-order valence-electron chi connectivity index (χ4n) is 1.17. The lowest BCUT2D eigenvalue weighted by Gasteiger charge is -2.07. The summed E-state index contributed by atoms with van der Waals surface area (Å²) < 4.78 is 0. The zero-order chi connectivity index (χ0) is 10.7. The van der Waals surface area contributed by atoms with Crippen LogP contribution in [0.25, 0.3) is 0 Å². The number of hydrogen-bond donors (Lipinski definition) is 1. The second-order valence-electron chi connectivity index (χ2n) is 3.21. The van der Waals surface area contributed by atoms with Crippen molar-refractivity contribution in [3.8, 4) is 6.07 Å². The Morgan fingerprint density at radius 1 is 1.57 bits per heavy atom. The van der Waals surface area contributed by atoms with Gasteiger partial charge in [-0.15, -0.1) is 0 Å². The maximum Gasteiger partial charge on any atom is 0.354 e. The third-order valence-corrected chi connectivity index (χ3v) is 1.87. The molecule has 0 fully saturated rings. The third kappa shape index (κ3) is 1.88. The second kappa shape index (κ2) is 3.88. The number of carbonyl (C=O) groups is 1. The minimum Gasteiger partial charge on any atom is -0.477 e. The number of nitriles is 1. The number of aromatic carboxylic acids is 1. The molecule has 0 aliphatic carbocycles. The molecule has 0 aromatic carbocycles. The Morgan fingerprint density at radius 2 is 2.21 bits per heavy atom. The minimum absolute atomic E-state index is 0.0287. The number of pyridine rings is 1. The third-order valence-electron chi connectivity index (χ3n) is 1.87. The van der Waals surface area contributed by atoms with Gasteiger partial charge in [-0.3, -0.25) is 0 Å². The molecule has 0 bridgehead atoms. The largest absolute Gasteiger partial charge is 0.477 e. The summed E-state index contributed by atoms with van der Waals surface area (Å²) in [7, 11) is 0. The Kier molecular flexibility index (Phi) is 2.82. The van der Waals surface area contributed by atoms with Crippen LogP contribution >= 0.6 is 0 Å². The minimum atomic E-state index is -1.09. The molecule has 1 rings (SSSR count). The van der Waals surface area contributed by atoms with Crippen molar-refractivity contribution in [2.45, 2.75) is 19.8 Å².